The van der Waals surface area contributed by atoms with Crippen molar-refractivity contribution in [1.29, 1.82) is 0 Å². The minimum absolute atomic E-state index is 0. The van der Waals surface area contributed by atoms with E-state index in [1.165, 1.54) is 47.5 Å². The van der Waals surface area contributed by atoms with Gasteiger partial charge in [-0.3, -0.25) is 4.79 Å². The summed E-state index contributed by atoms with van der Waals surface area (Å²) in [6, 6.07) is 21.0. The van der Waals surface area contributed by atoms with Gasteiger partial charge in [0, 0.05) is 24.8 Å². The number of benzene rings is 4. The molecule has 59 heavy (non-hydrogen) atoms. The van der Waals surface area contributed by atoms with Gasteiger partial charge in [-0.1, -0.05) is 37.3 Å². The van der Waals surface area contributed by atoms with Crippen LogP contribution in [-0.2, 0) is 16.4 Å². The summed E-state index contributed by atoms with van der Waals surface area (Å²) >= 11 is 0. The van der Waals surface area contributed by atoms with Crippen LogP contribution in [-0.4, -0.2) is 49.2 Å². The van der Waals surface area contributed by atoms with Gasteiger partial charge in [-0.05, 0) is 132 Å². The van der Waals surface area contributed by atoms with Crippen molar-refractivity contribution in [3.8, 4) is 5.88 Å². The molecule has 2 heterocycles. The van der Waals surface area contributed by atoms with Crippen molar-refractivity contribution in [2.45, 2.75) is 84.5 Å². The van der Waals surface area contributed by atoms with Crippen molar-refractivity contribution in [3.63, 3.8) is 0 Å². The third kappa shape index (κ3) is 12.8. The molecule has 5 N–H and O–H groups in total. The van der Waals surface area contributed by atoms with Crippen molar-refractivity contribution in [3.05, 3.63) is 142 Å². The van der Waals surface area contributed by atoms with E-state index in [1.807, 2.05) is 27.7 Å². The first kappa shape index (κ1) is 49.6. The molecule has 1 aliphatic rings. The Labute approximate surface area is 389 Å². The molecular formula is C44H53F3KN5O5S. The zero-order valence-corrected chi connectivity index (χ0v) is 39.0. The molecule has 6 rings (SSSR count). The monoisotopic (exact) mass is 859 g/mol. The van der Waals surface area contributed by atoms with E-state index in [4.69, 9.17) is 10.5 Å². The summed E-state index contributed by atoms with van der Waals surface area (Å²) in [6.45, 7) is 15.4. The SMILES string of the molecule is CCNc1cc(C)ccc1F.CCc1ccc(S(=O)(=O)N[C@@H]2c3cc(C(=O)N(CC)c4cc(C)ccc4F)cnc3OC(C)(C)[C@H]2O)cc1.Cc1ccc(F)c(N)c1.[H-].[K+]. The topological polar surface area (TPSA) is 147 Å². The van der Waals surface area contributed by atoms with Crippen molar-refractivity contribution in [1.82, 2.24) is 9.71 Å². The molecule has 5 aromatic rings. The maximum atomic E-state index is 14.6. The van der Waals surface area contributed by atoms with Gasteiger partial charge in [0.1, 0.15) is 29.2 Å². The van der Waals surface area contributed by atoms with Crippen LogP contribution in [0.4, 0.5) is 30.2 Å². The number of aliphatic hydroxyl groups excluding tert-OH is 1. The summed E-state index contributed by atoms with van der Waals surface area (Å²) in [5.74, 6) is -1.51. The molecule has 10 nitrogen and oxygen atoms in total. The number of nitrogens with two attached hydrogens (primary N) is 1. The average molecular weight is 860 g/mol. The summed E-state index contributed by atoms with van der Waals surface area (Å²) in [6.07, 6.45) is 0.765. The van der Waals surface area contributed by atoms with Crippen LogP contribution in [0.25, 0.3) is 0 Å². The number of aliphatic hydroxyl groups is 1. The van der Waals surface area contributed by atoms with Gasteiger partial charge in [-0.15, -0.1) is 0 Å². The van der Waals surface area contributed by atoms with Crippen LogP contribution in [0.15, 0.2) is 96.0 Å². The summed E-state index contributed by atoms with van der Waals surface area (Å²) in [4.78, 5) is 19.1. The molecular weight excluding hydrogens is 807 g/mol. The summed E-state index contributed by atoms with van der Waals surface area (Å²) < 4.78 is 74.9. The predicted molar refractivity (Wildman–Crippen MR) is 224 cm³/mol. The van der Waals surface area contributed by atoms with E-state index in [-0.39, 0.29) is 104 Å². The Balaban J connectivity index is 0.000000460. The Kier molecular flexibility index (Phi) is 18.2. The molecule has 1 aliphatic heterocycles. The zero-order valence-electron chi connectivity index (χ0n) is 36.0. The first-order valence-electron chi connectivity index (χ1n) is 18.9. The average Bonchev–Trinajstić information content (AvgIpc) is 3.18. The van der Waals surface area contributed by atoms with Gasteiger partial charge in [0.2, 0.25) is 15.9 Å². The molecule has 0 bridgehead atoms. The zero-order chi connectivity index (χ0) is 42.9. The summed E-state index contributed by atoms with van der Waals surface area (Å²) in [5.41, 5.74) is 9.13. The first-order valence-corrected chi connectivity index (χ1v) is 20.4. The maximum Gasteiger partial charge on any atom is 1.00 e. The van der Waals surface area contributed by atoms with Crippen LogP contribution < -0.4 is 76.8 Å². The van der Waals surface area contributed by atoms with E-state index < -0.39 is 39.5 Å². The van der Waals surface area contributed by atoms with Gasteiger partial charge >= 0.3 is 51.4 Å². The molecule has 1 amide bonds. The minimum atomic E-state index is -4.06. The molecule has 1 aromatic heterocycles. The van der Waals surface area contributed by atoms with Crippen LogP contribution in [0.1, 0.15) is 80.3 Å². The Morgan fingerprint density at radius 3 is 2.02 bits per heavy atom. The van der Waals surface area contributed by atoms with E-state index in [9.17, 15) is 31.5 Å². The number of aromatic nitrogens is 1. The number of rotatable bonds is 9. The van der Waals surface area contributed by atoms with Crippen LogP contribution in [0.5, 0.6) is 5.88 Å². The van der Waals surface area contributed by atoms with Crippen molar-refractivity contribution in [2.24, 2.45) is 0 Å². The number of halogens is 3. The number of fused-ring (bicyclic) bond motifs is 1. The molecule has 0 radical (unpaired) electrons. The van der Waals surface area contributed by atoms with E-state index in [2.05, 4.69) is 15.0 Å². The standard InChI is InChI=1S/C28H32FN3O5S.C9H12FN.C7H8FN.K.H/c1-6-18-9-11-20(12-10-18)38(35,36)31-24-21-15-19(16-30-26(21)37-28(4,5)25(24)33)27(34)32(7-2)23-14-17(3)8-13-22(23)29;1-3-11-9-6-7(2)4-5-8(9)10;1-5-2-3-6(8)7(9)4-5;;/h8-16,24-25,31,33H,6-7H2,1-5H3;4-6,11H,3H2,1-2H3;2-4H,9H2,1H3;;/q;;;+1;-1/t24-,25+;;;;/m1..../s1. The number of aryl methyl sites for hydroxylation is 4. The molecule has 0 spiro atoms. The number of amides is 1. The molecule has 4 aromatic carbocycles. The number of carbonyl (C=O) groups excluding carboxylic acids is 1. The largest absolute Gasteiger partial charge is 1.00 e. The first-order chi connectivity index (χ1) is 27.3. The molecule has 0 fully saturated rings. The number of hydrogen-bond donors (Lipinski definition) is 4. The summed E-state index contributed by atoms with van der Waals surface area (Å²) in [5, 5.41) is 14.1. The predicted octanol–water partition coefficient (Wildman–Crippen LogP) is 5.71. The van der Waals surface area contributed by atoms with Crippen LogP contribution >= 0.6 is 0 Å². The number of sulfonamides is 1. The van der Waals surface area contributed by atoms with Gasteiger partial charge in [0.05, 0.1) is 33.6 Å². The number of anilines is 3. The molecule has 15 heteroatoms. The normalized spacial score (nSPS) is 15.1. The number of nitrogens with one attached hydrogen (secondary N) is 2. The fourth-order valence-electron chi connectivity index (χ4n) is 6.08. The van der Waals surface area contributed by atoms with Gasteiger partial charge in [0.25, 0.3) is 5.91 Å². The third-order valence-electron chi connectivity index (χ3n) is 9.37. The van der Waals surface area contributed by atoms with Gasteiger partial charge < -0.3 is 27.2 Å². The fourth-order valence-corrected chi connectivity index (χ4v) is 7.30. The van der Waals surface area contributed by atoms with E-state index in [1.54, 1.807) is 76.2 Å². The number of ether oxygens (including phenoxy) is 1. The van der Waals surface area contributed by atoms with Gasteiger partial charge in [0.15, 0.2) is 0 Å². The smallest absolute Gasteiger partial charge is 1.00 e. The quantitative estimate of drug-likeness (QED) is 0.109. The number of nitrogens with zero attached hydrogens (tertiary/aromatic N) is 2. The molecule has 0 unspecified atom stereocenters. The number of hydrogen-bond acceptors (Lipinski definition) is 8. The molecule has 0 saturated carbocycles. The second kappa shape index (κ2) is 21.6. The summed E-state index contributed by atoms with van der Waals surface area (Å²) in [7, 11) is -4.06. The molecule has 2 atom stereocenters. The van der Waals surface area contributed by atoms with Crippen molar-refractivity contribution < 1.29 is 89.0 Å². The molecule has 312 valence electrons. The van der Waals surface area contributed by atoms with Gasteiger partial charge in [-0.25, -0.2) is 31.3 Å². The fraction of sp³-hybridized carbons (Fsp3) is 0.318. The van der Waals surface area contributed by atoms with Crippen LogP contribution in [0.2, 0.25) is 0 Å². The van der Waals surface area contributed by atoms with E-state index >= 15 is 0 Å². The number of pyridine rings is 1. The van der Waals surface area contributed by atoms with Crippen LogP contribution in [0.3, 0.4) is 0 Å². The second-order valence-corrected chi connectivity index (χ2v) is 16.1. The molecule has 0 aliphatic carbocycles. The van der Waals surface area contributed by atoms with Crippen molar-refractivity contribution >= 4 is 33.0 Å². The Bertz CT molecular complexity index is 2340. The molecule has 0 saturated heterocycles. The van der Waals surface area contributed by atoms with E-state index in [0.717, 1.165) is 35.2 Å². The third-order valence-corrected chi connectivity index (χ3v) is 10.8. The second-order valence-electron chi connectivity index (χ2n) is 14.4. The number of carbonyl (C=O) groups is 1. The number of nitrogen functional groups attached to an aromatic ring is 1. The van der Waals surface area contributed by atoms with Crippen LogP contribution in [0, 0.1) is 38.2 Å². The minimum Gasteiger partial charge on any atom is -1.00 e. The van der Waals surface area contributed by atoms with Gasteiger partial charge in [-0.2, -0.15) is 0 Å². The van der Waals surface area contributed by atoms with Crippen molar-refractivity contribution in [2.75, 3.05) is 29.0 Å². The van der Waals surface area contributed by atoms with E-state index in [0.29, 0.717) is 5.69 Å². The maximum absolute atomic E-state index is 14.6. The Hall–Kier alpha value is -3.80. The Morgan fingerprint density at radius 2 is 1.46 bits per heavy atom. The Morgan fingerprint density at radius 1 is 0.881 bits per heavy atom.